The number of amides is 1. The number of hydrogen-bond donors (Lipinski definition) is 0. The molecule has 9 heteroatoms. The monoisotopic (exact) mass is 434 g/mol. The van der Waals surface area contributed by atoms with E-state index < -0.39 is 0 Å². The van der Waals surface area contributed by atoms with E-state index in [2.05, 4.69) is 5.10 Å². The molecule has 1 aliphatic heterocycles. The van der Waals surface area contributed by atoms with Crippen LogP contribution in [0.5, 0.6) is 0 Å². The van der Waals surface area contributed by atoms with Gasteiger partial charge < -0.3 is 9.80 Å². The molecule has 144 valence electrons. The molecule has 0 aliphatic carbocycles. The van der Waals surface area contributed by atoms with Gasteiger partial charge in [-0.1, -0.05) is 41.4 Å². The molecule has 1 amide bonds. The highest BCUT2D eigenvalue weighted by molar-refractivity contribution is 7.17. The minimum atomic E-state index is -0.364. The molecule has 2 aromatic heterocycles. The molecular weight excluding hydrogens is 419 g/mol. The van der Waals surface area contributed by atoms with Crippen molar-refractivity contribution in [2.24, 2.45) is 0 Å². The molecule has 0 atom stereocenters. The van der Waals surface area contributed by atoms with Gasteiger partial charge in [-0.25, -0.2) is 0 Å². The lowest BCUT2D eigenvalue weighted by Gasteiger charge is -2.36. The zero-order valence-corrected chi connectivity index (χ0v) is 17.0. The third-order valence-electron chi connectivity index (χ3n) is 4.59. The third kappa shape index (κ3) is 3.65. The summed E-state index contributed by atoms with van der Waals surface area (Å²) in [5, 5.41) is 4.40. The molecule has 4 rings (SSSR count). The van der Waals surface area contributed by atoms with Crippen LogP contribution in [0.15, 0.2) is 53.5 Å². The van der Waals surface area contributed by atoms with Gasteiger partial charge in [-0.05, 0) is 24.3 Å². The fourth-order valence-electron chi connectivity index (χ4n) is 3.13. The maximum Gasteiger partial charge on any atom is 0.292 e. The zero-order chi connectivity index (χ0) is 19.7. The molecule has 0 radical (unpaired) electrons. The van der Waals surface area contributed by atoms with Crippen molar-refractivity contribution in [3.05, 3.63) is 73.3 Å². The topological polar surface area (TPSA) is 58.4 Å². The van der Waals surface area contributed by atoms with Crippen molar-refractivity contribution in [3.8, 4) is 5.69 Å². The number of anilines is 1. The number of carbonyl (C=O) groups excluding carboxylic acids is 1. The van der Waals surface area contributed by atoms with Gasteiger partial charge in [0.05, 0.1) is 26.8 Å². The lowest BCUT2D eigenvalue weighted by atomic mass is 10.2. The largest absolute Gasteiger partial charge is 0.365 e. The first-order chi connectivity index (χ1) is 13.5. The second kappa shape index (κ2) is 7.95. The third-order valence-corrected chi connectivity index (χ3v) is 6.17. The van der Waals surface area contributed by atoms with E-state index in [0.717, 1.165) is 0 Å². The van der Waals surface area contributed by atoms with E-state index in [1.54, 1.807) is 35.4 Å². The molecule has 28 heavy (non-hydrogen) atoms. The Bertz CT molecular complexity index is 1060. The summed E-state index contributed by atoms with van der Waals surface area (Å²) in [6.45, 7) is 2.21. The molecule has 0 unspecified atom stereocenters. The van der Waals surface area contributed by atoms with Crippen molar-refractivity contribution in [2.75, 3.05) is 31.1 Å². The molecule has 3 heterocycles. The molecule has 6 nitrogen and oxygen atoms in total. The lowest BCUT2D eigenvalue weighted by Crippen LogP contribution is -2.49. The second-order valence-corrected chi connectivity index (χ2v) is 8.37. The summed E-state index contributed by atoms with van der Waals surface area (Å²) in [5.41, 5.74) is 0.883. The SMILES string of the molecule is O=C(c1ccc(Cl)s1)N1CCN(c2cnn(-c3ccccc3)c(=O)c2Cl)CC1. The Kier molecular flexibility index (Phi) is 5.39. The summed E-state index contributed by atoms with van der Waals surface area (Å²) in [4.78, 5) is 29.6. The normalized spacial score (nSPS) is 14.4. The predicted molar refractivity (Wildman–Crippen MR) is 112 cm³/mol. The minimum absolute atomic E-state index is 0.0275. The van der Waals surface area contributed by atoms with Crippen LogP contribution in [0, 0.1) is 0 Å². The van der Waals surface area contributed by atoms with Crippen LogP contribution in [-0.4, -0.2) is 46.8 Å². The second-order valence-electron chi connectivity index (χ2n) is 6.28. The summed E-state index contributed by atoms with van der Waals surface area (Å²) in [6, 6.07) is 12.6. The molecule has 0 saturated carbocycles. The van der Waals surface area contributed by atoms with Crippen LogP contribution < -0.4 is 10.5 Å². The number of halogens is 2. The number of rotatable bonds is 3. The van der Waals surface area contributed by atoms with E-state index in [0.29, 0.717) is 46.8 Å². The number of hydrogen-bond acceptors (Lipinski definition) is 5. The summed E-state index contributed by atoms with van der Waals surface area (Å²) >= 11 is 13.6. The maximum absolute atomic E-state index is 12.7. The predicted octanol–water partition coefficient (Wildman–Crippen LogP) is 3.56. The van der Waals surface area contributed by atoms with Crippen molar-refractivity contribution in [1.82, 2.24) is 14.7 Å². The summed E-state index contributed by atoms with van der Waals surface area (Å²) in [5.74, 6) is -0.0275. The number of benzene rings is 1. The highest BCUT2D eigenvalue weighted by Gasteiger charge is 2.25. The van der Waals surface area contributed by atoms with Crippen LogP contribution in [0.1, 0.15) is 9.67 Å². The summed E-state index contributed by atoms with van der Waals surface area (Å²) < 4.78 is 1.88. The number of aromatic nitrogens is 2. The Morgan fingerprint density at radius 2 is 1.71 bits per heavy atom. The Hall–Kier alpha value is -2.35. The van der Waals surface area contributed by atoms with Crippen LogP contribution in [0.4, 0.5) is 5.69 Å². The standard InChI is InChI=1S/C19H16Cl2N4O2S/c20-16-7-6-15(28-16)18(26)24-10-8-23(9-11-24)14-12-22-25(19(27)17(14)21)13-4-2-1-3-5-13/h1-7,12H,8-11H2. The Balaban J connectivity index is 1.50. The number of nitrogens with zero attached hydrogens (tertiary/aromatic N) is 4. The Morgan fingerprint density at radius 1 is 1.00 bits per heavy atom. The fraction of sp³-hybridized carbons (Fsp3) is 0.211. The van der Waals surface area contributed by atoms with Crippen LogP contribution in [-0.2, 0) is 0 Å². The molecule has 3 aromatic rings. The highest BCUT2D eigenvalue weighted by Crippen LogP contribution is 2.25. The van der Waals surface area contributed by atoms with Crippen LogP contribution in [0.2, 0.25) is 9.36 Å². The smallest absolute Gasteiger partial charge is 0.292 e. The average Bonchev–Trinajstić information content (AvgIpc) is 3.16. The van der Waals surface area contributed by atoms with Gasteiger partial charge in [0.2, 0.25) is 0 Å². The number of thiophene rings is 1. The van der Waals surface area contributed by atoms with Gasteiger partial charge in [0.15, 0.2) is 0 Å². The quantitative estimate of drug-likeness (QED) is 0.632. The van der Waals surface area contributed by atoms with E-state index in [-0.39, 0.29) is 16.5 Å². The molecule has 1 fully saturated rings. The molecule has 1 aliphatic rings. The first kappa shape index (κ1) is 19.0. The Labute approximate surface area is 175 Å². The van der Waals surface area contributed by atoms with Crippen LogP contribution in [0.25, 0.3) is 5.69 Å². The first-order valence-corrected chi connectivity index (χ1v) is 10.2. The summed E-state index contributed by atoms with van der Waals surface area (Å²) in [6.07, 6.45) is 1.60. The van der Waals surface area contributed by atoms with Gasteiger partial charge in [-0.3, -0.25) is 9.59 Å². The molecule has 0 spiro atoms. The number of carbonyl (C=O) groups is 1. The number of piperazine rings is 1. The molecule has 1 saturated heterocycles. The van der Waals surface area contributed by atoms with E-state index in [1.807, 2.05) is 23.1 Å². The first-order valence-electron chi connectivity index (χ1n) is 8.67. The van der Waals surface area contributed by atoms with E-state index in [9.17, 15) is 9.59 Å². The zero-order valence-electron chi connectivity index (χ0n) is 14.7. The molecule has 1 aromatic carbocycles. The molecule has 0 N–H and O–H groups in total. The van der Waals surface area contributed by atoms with Crippen LogP contribution >= 0.6 is 34.5 Å². The van der Waals surface area contributed by atoms with Gasteiger partial charge >= 0.3 is 0 Å². The summed E-state index contributed by atoms with van der Waals surface area (Å²) in [7, 11) is 0. The molecule has 0 bridgehead atoms. The number of para-hydroxylation sites is 1. The highest BCUT2D eigenvalue weighted by atomic mass is 35.5. The van der Waals surface area contributed by atoms with Gasteiger partial charge in [0.25, 0.3) is 11.5 Å². The van der Waals surface area contributed by atoms with Gasteiger partial charge in [0, 0.05) is 26.2 Å². The average molecular weight is 435 g/mol. The fourth-order valence-corrected chi connectivity index (χ4v) is 4.39. The van der Waals surface area contributed by atoms with E-state index >= 15 is 0 Å². The van der Waals surface area contributed by atoms with Crippen molar-refractivity contribution < 1.29 is 4.79 Å². The van der Waals surface area contributed by atoms with E-state index in [4.69, 9.17) is 23.2 Å². The van der Waals surface area contributed by atoms with Gasteiger partial charge in [-0.15, -0.1) is 11.3 Å². The van der Waals surface area contributed by atoms with Crippen molar-refractivity contribution in [2.45, 2.75) is 0 Å². The van der Waals surface area contributed by atoms with Gasteiger partial charge in [0.1, 0.15) is 5.02 Å². The van der Waals surface area contributed by atoms with E-state index in [1.165, 1.54) is 16.0 Å². The van der Waals surface area contributed by atoms with Gasteiger partial charge in [-0.2, -0.15) is 9.78 Å². The van der Waals surface area contributed by atoms with Crippen LogP contribution in [0.3, 0.4) is 0 Å². The van der Waals surface area contributed by atoms with Crippen molar-refractivity contribution in [1.29, 1.82) is 0 Å². The van der Waals surface area contributed by atoms with Crippen molar-refractivity contribution >= 4 is 46.1 Å². The Morgan fingerprint density at radius 3 is 2.36 bits per heavy atom. The maximum atomic E-state index is 12.7. The lowest BCUT2D eigenvalue weighted by molar-refractivity contribution is 0.0751. The van der Waals surface area contributed by atoms with Crippen molar-refractivity contribution in [3.63, 3.8) is 0 Å². The molecular formula is C19H16Cl2N4O2S. The minimum Gasteiger partial charge on any atom is -0.365 e.